The lowest BCUT2D eigenvalue weighted by atomic mass is 9.79. The average Bonchev–Trinajstić information content (AvgIpc) is 3.26. The number of hydrogen-bond donors (Lipinski definition) is 1. The molecule has 1 saturated heterocycles. The third kappa shape index (κ3) is 4.74. The molecule has 1 amide bonds. The Bertz CT molecular complexity index is 1280. The summed E-state index contributed by atoms with van der Waals surface area (Å²) in [6.07, 6.45) is 5.28. The summed E-state index contributed by atoms with van der Waals surface area (Å²) in [5.41, 5.74) is 5.15. The number of fused-ring (bicyclic) bond motifs is 1. The van der Waals surface area contributed by atoms with Gasteiger partial charge in [0.25, 0.3) is 11.8 Å². The molecule has 1 N–H and O–H groups in total. The molecule has 0 spiro atoms. The minimum atomic E-state index is -0.874. The maximum absolute atomic E-state index is 16.0. The van der Waals surface area contributed by atoms with E-state index in [0.717, 1.165) is 28.7 Å². The Hall–Kier alpha value is -2.91. The number of likely N-dealkylation sites (tertiary alicyclic amines) is 1. The number of aryl methyl sites for hydroxylation is 1. The van der Waals surface area contributed by atoms with Crippen LogP contribution in [0.1, 0.15) is 56.2 Å². The second kappa shape index (κ2) is 10.2. The van der Waals surface area contributed by atoms with Gasteiger partial charge in [0.15, 0.2) is 5.82 Å². The highest BCUT2D eigenvalue weighted by Crippen LogP contribution is 2.42. The Morgan fingerprint density at radius 1 is 1.22 bits per heavy atom. The summed E-state index contributed by atoms with van der Waals surface area (Å²) in [5, 5.41) is 2.87. The van der Waals surface area contributed by atoms with Crippen LogP contribution in [-0.2, 0) is 17.8 Å². The number of amides is 1. The molecule has 1 aliphatic carbocycles. The molecule has 0 radical (unpaired) electrons. The number of nitrogens with zero attached hydrogens (tertiary/aromatic N) is 4. The van der Waals surface area contributed by atoms with Crippen molar-refractivity contribution in [3.05, 3.63) is 56.9 Å². The summed E-state index contributed by atoms with van der Waals surface area (Å²) in [5.74, 6) is -0.832. The van der Waals surface area contributed by atoms with E-state index < -0.39 is 12.0 Å². The van der Waals surface area contributed by atoms with Crippen molar-refractivity contribution >= 4 is 23.1 Å². The summed E-state index contributed by atoms with van der Waals surface area (Å²) in [4.78, 5) is 27.1. The molecule has 0 saturated carbocycles. The van der Waals surface area contributed by atoms with Crippen LogP contribution in [0.3, 0.4) is 0 Å². The topological polar surface area (TPSA) is 80.2 Å². The van der Waals surface area contributed by atoms with Crippen LogP contribution in [0.4, 0.5) is 8.78 Å². The number of carbonyl (C=O) groups is 1. The molecule has 7 nitrogen and oxygen atoms in total. The fraction of sp³-hybridized carbons (Fsp3) is 0.462. The van der Waals surface area contributed by atoms with E-state index in [4.69, 9.17) is 16.3 Å². The van der Waals surface area contributed by atoms with E-state index >= 15 is 4.39 Å². The minimum Gasteiger partial charge on any atom is -0.417 e. The highest BCUT2D eigenvalue weighted by molar-refractivity contribution is 6.28. The van der Waals surface area contributed by atoms with Crippen LogP contribution < -0.4 is 10.1 Å². The zero-order chi connectivity index (χ0) is 25.4. The van der Waals surface area contributed by atoms with E-state index in [0.29, 0.717) is 68.6 Å². The summed E-state index contributed by atoms with van der Waals surface area (Å²) < 4.78 is 35.6. The molecule has 1 fully saturated rings. The van der Waals surface area contributed by atoms with Gasteiger partial charge in [-0.05, 0) is 67.3 Å². The molecule has 1 atom stereocenters. The quantitative estimate of drug-likeness (QED) is 0.548. The largest absolute Gasteiger partial charge is 0.417 e. The predicted octanol–water partition coefficient (Wildman–Crippen LogP) is 4.95. The van der Waals surface area contributed by atoms with Gasteiger partial charge in [0.05, 0.1) is 0 Å². The first kappa shape index (κ1) is 24.8. The number of ether oxygens (including phenoxy) is 1. The lowest BCUT2D eigenvalue weighted by molar-refractivity contribution is -0.117. The van der Waals surface area contributed by atoms with Crippen molar-refractivity contribution < 1.29 is 18.3 Å². The van der Waals surface area contributed by atoms with Crippen molar-refractivity contribution in [2.24, 2.45) is 0 Å². The molecule has 5 rings (SSSR count). The summed E-state index contributed by atoms with van der Waals surface area (Å²) in [6.45, 7) is 5.80. The van der Waals surface area contributed by atoms with Crippen molar-refractivity contribution in [3.63, 3.8) is 0 Å². The fourth-order valence-electron chi connectivity index (χ4n) is 5.31. The van der Waals surface area contributed by atoms with Crippen LogP contribution in [0.15, 0.2) is 29.1 Å². The number of hydrogen-bond acceptors (Lipinski definition) is 6. The second-order valence-corrected chi connectivity index (χ2v) is 9.78. The van der Waals surface area contributed by atoms with E-state index in [9.17, 15) is 9.18 Å². The van der Waals surface area contributed by atoms with Crippen LogP contribution in [0.5, 0.6) is 11.8 Å². The number of allylic oxidation sites excluding steroid dienone is 1. The van der Waals surface area contributed by atoms with Crippen molar-refractivity contribution in [2.75, 3.05) is 19.6 Å². The van der Waals surface area contributed by atoms with Crippen LogP contribution in [0, 0.1) is 5.82 Å². The van der Waals surface area contributed by atoms with Crippen LogP contribution in [-0.4, -0.2) is 51.6 Å². The van der Waals surface area contributed by atoms with E-state index in [1.54, 1.807) is 6.20 Å². The predicted molar refractivity (Wildman–Crippen MR) is 132 cm³/mol. The number of nitrogens with one attached hydrogen (secondary N) is 1. The lowest BCUT2D eigenvalue weighted by Gasteiger charge is -2.28. The molecule has 190 valence electrons. The highest BCUT2D eigenvalue weighted by Gasteiger charge is 2.31. The minimum absolute atomic E-state index is 0.0425. The summed E-state index contributed by atoms with van der Waals surface area (Å²) in [7, 11) is 0. The zero-order valence-corrected chi connectivity index (χ0v) is 21.1. The van der Waals surface area contributed by atoms with Gasteiger partial charge in [-0.25, -0.2) is 18.7 Å². The second-order valence-electron chi connectivity index (χ2n) is 9.44. The first-order chi connectivity index (χ1) is 17.4. The molecule has 3 aliphatic rings. The number of carbonyl (C=O) groups excluding carboxylic acids is 1. The summed E-state index contributed by atoms with van der Waals surface area (Å²) in [6, 6.07) is 0. The van der Waals surface area contributed by atoms with Gasteiger partial charge < -0.3 is 10.1 Å². The molecule has 2 aromatic heterocycles. The number of rotatable bonds is 6. The van der Waals surface area contributed by atoms with Gasteiger partial charge in [0.2, 0.25) is 11.2 Å². The maximum atomic E-state index is 16.0. The van der Waals surface area contributed by atoms with Crippen molar-refractivity contribution in [1.82, 2.24) is 25.2 Å². The normalized spacial score (nSPS) is 20.6. The van der Waals surface area contributed by atoms with E-state index in [1.165, 1.54) is 6.20 Å². The average molecular weight is 516 g/mol. The summed E-state index contributed by atoms with van der Waals surface area (Å²) >= 11 is 6.02. The zero-order valence-electron chi connectivity index (χ0n) is 20.3. The van der Waals surface area contributed by atoms with Gasteiger partial charge in [0.1, 0.15) is 6.17 Å². The molecule has 36 heavy (non-hydrogen) atoms. The fourth-order valence-corrected chi connectivity index (χ4v) is 5.44. The van der Waals surface area contributed by atoms with Crippen LogP contribution in [0.2, 0.25) is 5.28 Å². The molecule has 0 bridgehead atoms. The van der Waals surface area contributed by atoms with E-state index in [-0.39, 0.29) is 23.0 Å². The molecule has 2 aliphatic heterocycles. The smallest absolute Gasteiger partial charge is 0.258 e. The lowest BCUT2D eigenvalue weighted by Crippen LogP contribution is -2.32. The number of alkyl halides is 1. The van der Waals surface area contributed by atoms with Gasteiger partial charge in [0, 0.05) is 55.3 Å². The molecule has 1 unspecified atom stereocenters. The Balaban J connectivity index is 1.53. The molecular weight excluding hydrogens is 488 g/mol. The molecule has 10 heteroatoms. The Kier molecular flexibility index (Phi) is 7.03. The third-order valence-electron chi connectivity index (χ3n) is 7.07. The molecule has 0 aromatic carbocycles. The van der Waals surface area contributed by atoms with Gasteiger partial charge in [-0.1, -0.05) is 12.5 Å². The van der Waals surface area contributed by atoms with Crippen molar-refractivity contribution in [1.29, 1.82) is 0 Å². The van der Waals surface area contributed by atoms with Crippen molar-refractivity contribution in [3.8, 4) is 11.8 Å². The van der Waals surface area contributed by atoms with Gasteiger partial charge in [-0.2, -0.15) is 4.98 Å². The van der Waals surface area contributed by atoms with Crippen LogP contribution >= 0.6 is 11.6 Å². The molecule has 4 heterocycles. The Morgan fingerprint density at radius 3 is 2.78 bits per heavy atom. The number of pyridine rings is 1. The first-order valence-corrected chi connectivity index (χ1v) is 12.7. The maximum Gasteiger partial charge on any atom is 0.258 e. The SMILES string of the molecule is CCC1=C(C2=C(C)CCNC2=O)CCc2cnc(Oc3nc(Cl)ncc3CN3CCC(F)C3)c(F)c21. The first-order valence-electron chi connectivity index (χ1n) is 12.3. The monoisotopic (exact) mass is 515 g/mol. The third-order valence-corrected chi connectivity index (χ3v) is 7.25. The van der Waals surface area contributed by atoms with E-state index in [1.807, 2.05) is 18.7 Å². The number of aromatic nitrogens is 3. The highest BCUT2D eigenvalue weighted by atomic mass is 35.5. The Morgan fingerprint density at radius 2 is 2.06 bits per heavy atom. The van der Waals surface area contributed by atoms with E-state index in [2.05, 4.69) is 20.3 Å². The van der Waals surface area contributed by atoms with Gasteiger partial charge in [-0.3, -0.25) is 9.69 Å². The van der Waals surface area contributed by atoms with Crippen molar-refractivity contribution in [2.45, 2.75) is 58.7 Å². The number of halogens is 3. The molecule has 2 aromatic rings. The van der Waals surface area contributed by atoms with Gasteiger partial charge in [-0.15, -0.1) is 0 Å². The molecular formula is C26H28ClF2N5O2. The Labute approximate surface area is 213 Å². The van der Waals surface area contributed by atoms with Crippen LogP contribution in [0.25, 0.3) is 5.57 Å². The van der Waals surface area contributed by atoms with Gasteiger partial charge >= 0.3 is 0 Å². The standard InChI is InChI=1S/C26H28ClF2N5O2/c1-3-18-19(20-14(2)6-8-30-23(20)35)5-4-15-10-31-25(22(29)21(15)18)36-24-16(11-32-26(27)33-24)12-34-9-7-17(28)13-34/h10-11,17H,3-9,12-13H2,1-2H3,(H,30,35).